The molecule has 18 heavy (non-hydrogen) atoms. The Kier molecular flexibility index (Phi) is 5.35. The third kappa shape index (κ3) is 3.90. The SMILES string of the molecule is CNC(CCc1ccncc1)Cc1sccc1Br. The number of halogens is 1. The van der Waals surface area contributed by atoms with Crippen molar-refractivity contribution >= 4 is 27.3 Å². The molecule has 2 heterocycles. The van der Waals surface area contributed by atoms with Crippen LogP contribution in [0.3, 0.4) is 0 Å². The normalized spacial score (nSPS) is 12.6. The summed E-state index contributed by atoms with van der Waals surface area (Å²) in [6, 6.07) is 6.82. The van der Waals surface area contributed by atoms with E-state index in [0.29, 0.717) is 6.04 Å². The van der Waals surface area contributed by atoms with Gasteiger partial charge in [0.15, 0.2) is 0 Å². The van der Waals surface area contributed by atoms with Crippen molar-refractivity contribution in [1.29, 1.82) is 0 Å². The number of nitrogens with zero attached hydrogens (tertiary/aromatic N) is 1. The van der Waals surface area contributed by atoms with Gasteiger partial charge in [-0.25, -0.2) is 0 Å². The lowest BCUT2D eigenvalue weighted by Crippen LogP contribution is -2.27. The molecule has 0 aliphatic rings. The standard InChI is InChI=1S/C14H17BrN2S/c1-16-12(10-14-13(15)6-9-18-14)3-2-11-4-7-17-8-5-11/h4-9,12,16H,2-3,10H2,1H3. The van der Waals surface area contributed by atoms with Gasteiger partial charge in [0.1, 0.15) is 0 Å². The van der Waals surface area contributed by atoms with E-state index in [0.717, 1.165) is 19.3 Å². The minimum atomic E-state index is 0.521. The highest BCUT2D eigenvalue weighted by atomic mass is 79.9. The van der Waals surface area contributed by atoms with Crippen molar-refractivity contribution in [1.82, 2.24) is 10.3 Å². The fraction of sp³-hybridized carbons (Fsp3) is 0.357. The Morgan fingerprint density at radius 3 is 2.72 bits per heavy atom. The molecule has 1 N–H and O–H groups in total. The number of nitrogens with one attached hydrogen (secondary N) is 1. The largest absolute Gasteiger partial charge is 0.317 e. The summed E-state index contributed by atoms with van der Waals surface area (Å²) in [5, 5.41) is 5.54. The van der Waals surface area contributed by atoms with E-state index < -0.39 is 0 Å². The van der Waals surface area contributed by atoms with Gasteiger partial charge in [-0.3, -0.25) is 4.98 Å². The van der Waals surface area contributed by atoms with Crippen molar-refractivity contribution in [3.63, 3.8) is 0 Å². The maximum atomic E-state index is 4.04. The predicted molar refractivity (Wildman–Crippen MR) is 81.1 cm³/mol. The first-order chi connectivity index (χ1) is 8.79. The van der Waals surface area contributed by atoms with Gasteiger partial charge in [0.2, 0.25) is 0 Å². The van der Waals surface area contributed by atoms with Crippen molar-refractivity contribution in [2.45, 2.75) is 25.3 Å². The van der Waals surface area contributed by atoms with Crippen molar-refractivity contribution in [3.05, 3.63) is 50.9 Å². The molecule has 1 unspecified atom stereocenters. The van der Waals surface area contributed by atoms with Gasteiger partial charge in [-0.05, 0) is 71.4 Å². The molecular formula is C14H17BrN2S. The van der Waals surface area contributed by atoms with E-state index in [1.54, 1.807) is 0 Å². The lowest BCUT2D eigenvalue weighted by molar-refractivity contribution is 0.522. The first kappa shape index (κ1) is 13.7. The van der Waals surface area contributed by atoms with Crippen LogP contribution < -0.4 is 5.32 Å². The molecule has 4 heteroatoms. The Morgan fingerprint density at radius 2 is 2.11 bits per heavy atom. The molecule has 1 atom stereocenters. The summed E-state index contributed by atoms with van der Waals surface area (Å²) in [6.07, 6.45) is 7.04. The number of aromatic nitrogens is 1. The van der Waals surface area contributed by atoms with Crippen LogP contribution in [0, 0.1) is 0 Å². The summed E-state index contributed by atoms with van der Waals surface area (Å²) in [4.78, 5) is 5.47. The van der Waals surface area contributed by atoms with Crippen LogP contribution in [0.5, 0.6) is 0 Å². The van der Waals surface area contributed by atoms with Crippen LogP contribution >= 0.6 is 27.3 Å². The molecule has 0 spiro atoms. The second-order valence-corrected chi connectivity index (χ2v) is 6.13. The van der Waals surface area contributed by atoms with Gasteiger partial charge in [-0.1, -0.05) is 0 Å². The van der Waals surface area contributed by atoms with Crippen LogP contribution in [0.15, 0.2) is 40.4 Å². The molecule has 2 rings (SSSR count). The first-order valence-electron chi connectivity index (χ1n) is 6.07. The lowest BCUT2D eigenvalue weighted by Gasteiger charge is -2.15. The quantitative estimate of drug-likeness (QED) is 0.876. The van der Waals surface area contributed by atoms with Crippen LogP contribution in [-0.4, -0.2) is 18.1 Å². The van der Waals surface area contributed by atoms with Gasteiger partial charge >= 0.3 is 0 Å². The Balaban J connectivity index is 1.88. The molecule has 0 saturated heterocycles. The molecule has 0 aliphatic carbocycles. The molecule has 0 aromatic carbocycles. The number of hydrogen-bond acceptors (Lipinski definition) is 3. The van der Waals surface area contributed by atoms with Gasteiger partial charge in [0.25, 0.3) is 0 Å². The van der Waals surface area contributed by atoms with Gasteiger partial charge in [0, 0.05) is 27.8 Å². The van der Waals surface area contributed by atoms with E-state index in [2.05, 4.69) is 49.8 Å². The maximum Gasteiger partial charge on any atom is 0.0314 e. The average molecular weight is 325 g/mol. The van der Waals surface area contributed by atoms with Crippen molar-refractivity contribution in [3.8, 4) is 0 Å². The summed E-state index contributed by atoms with van der Waals surface area (Å²) in [7, 11) is 2.04. The smallest absolute Gasteiger partial charge is 0.0314 e. The lowest BCUT2D eigenvalue weighted by atomic mass is 10.0. The molecule has 2 aromatic rings. The van der Waals surface area contributed by atoms with Gasteiger partial charge < -0.3 is 5.32 Å². The van der Waals surface area contributed by atoms with Crippen LogP contribution in [0.4, 0.5) is 0 Å². The van der Waals surface area contributed by atoms with Gasteiger partial charge in [-0.2, -0.15) is 0 Å². The number of aryl methyl sites for hydroxylation is 1. The summed E-state index contributed by atoms with van der Waals surface area (Å²) < 4.78 is 1.23. The monoisotopic (exact) mass is 324 g/mol. The van der Waals surface area contributed by atoms with Crippen molar-refractivity contribution in [2.24, 2.45) is 0 Å². The van der Waals surface area contributed by atoms with Crippen LogP contribution in [0.1, 0.15) is 16.9 Å². The molecule has 0 aliphatic heterocycles. The predicted octanol–water partition coefficient (Wildman–Crippen LogP) is 3.67. The molecule has 0 radical (unpaired) electrons. The molecule has 0 amide bonds. The Morgan fingerprint density at radius 1 is 1.33 bits per heavy atom. The number of hydrogen-bond donors (Lipinski definition) is 1. The van der Waals surface area contributed by atoms with E-state index >= 15 is 0 Å². The first-order valence-corrected chi connectivity index (χ1v) is 7.75. The summed E-state index contributed by atoms with van der Waals surface area (Å²) in [6.45, 7) is 0. The van der Waals surface area contributed by atoms with Crippen molar-refractivity contribution < 1.29 is 0 Å². The zero-order chi connectivity index (χ0) is 12.8. The average Bonchev–Trinajstić information content (AvgIpc) is 2.81. The fourth-order valence-corrected chi connectivity index (χ4v) is 3.53. The van der Waals surface area contributed by atoms with Gasteiger partial charge in [0.05, 0.1) is 0 Å². The third-order valence-electron chi connectivity index (χ3n) is 3.06. The van der Waals surface area contributed by atoms with E-state index in [9.17, 15) is 0 Å². The minimum absolute atomic E-state index is 0.521. The van der Waals surface area contributed by atoms with E-state index in [1.807, 2.05) is 30.8 Å². The van der Waals surface area contributed by atoms with Gasteiger partial charge in [-0.15, -0.1) is 11.3 Å². The van der Waals surface area contributed by atoms with E-state index in [1.165, 1.54) is 14.9 Å². The molecule has 2 aromatic heterocycles. The molecular weight excluding hydrogens is 308 g/mol. The zero-order valence-corrected chi connectivity index (χ0v) is 12.8. The highest BCUT2D eigenvalue weighted by Gasteiger charge is 2.10. The Hall–Kier alpha value is -0.710. The summed E-state index contributed by atoms with van der Waals surface area (Å²) in [5.41, 5.74) is 1.36. The van der Waals surface area contributed by atoms with Crippen LogP contribution in [0.25, 0.3) is 0 Å². The maximum absolute atomic E-state index is 4.04. The molecule has 2 nitrogen and oxygen atoms in total. The second kappa shape index (κ2) is 7.02. The number of thiophene rings is 1. The zero-order valence-electron chi connectivity index (χ0n) is 10.4. The number of likely N-dealkylation sites (N-methyl/N-ethyl adjacent to an activating group) is 1. The second-order valence-electron chi connectivity index (χ2n) is 4.28. The fourth-order valence-electron chi connectivity index (χ4n) is 1.93. The van der Waals surface area contributed by atoms with Crippen molar-refractivity contribution in [2.75, 3.05) is 7.05 Å². The summed E-state index contributed by atoms with van der Waals surface area (Å²) in [5.74, 6) is 0. The number of pyridine rings is 1. The van der Waals surface area contributed by atoms with Crippen LogP contribution in [-0.2, 0) is 12.8 Å². The Labute approximate surface area is 121 Å². The molecule has 0 fully saturated rings. The molecule has 96 valence electrons. The van der Waals surface area contributed by atoms with E-state index in [-0.39, 0.29) is 0 Å². The third-order valence-corrected chi connectivity index (χ3v) is 5.01. The highest BCUT2D eigenvalue weighted by molar-refractivity contribution is 9.10. The minimum Gasteiger partial charge on any atom is -0.317 e. The molecule has 0 bridgehead atoms. The number of rotatable bonds is 6. The van der Waals surface area contributed by atoms with E-state index in [4.69, 9.17) is 0 Å². The highest BCUT2D eigenvalue weighted by Crippen LogP contribution is 2.24. The molecule has 0 saturated carbocycles. The topological polar surface area (TPSA) is 24.9 Å². The van der Waals surface area contributed by atoms with Crippen LogP contribution in [0.2, 0.25) is 0 Å². The summed E-state index contributed by atoms with van der Waals surface area (Å²) >= 11 is 5.41. The Bertz CT molecular complexity index is 470.